The number of amides is 1. The number of carbonyl (C=O) groups is 3. The Morgan fingerprint density at radius 1 is 1.17 bits per heavy atom. The van der Waals surface area contributed by atoms with E-state index < -0.39 is 18.1 Å². The van der Waals surface area contributed by atoms with E-state index in [-0.39, 0.29) is 36.4 Å². The summed E-state index contributed by atoms with van der Waals surface area (Å²) in [5.74, 6) is -0.433. The maximum Gasteiger partial charge on any atom is 0.223 e. The van der Waals surface area contributed by atoms with Crippen LogP contribution in [0.25, 0.3) is 0 Å². The van der Waals surface area contributed by atoms with Gasteiger partial charge in [-0.15, -0.1) is 0 Å². The second-order valence-electron chi connectivity index (χ2n) is 6.95. The zero-order chi connectivity index (χ0) is 17.6. The Morgan fingerprint density at radius 3 is 2.30 bits per heavy atom. The molecule has 0 saturated carbocycles. The summed E-state index contributed by atoms with van der Waals surface area (Å²) < 4.78 is 5.09. The molecule has 1 heterocycles. The Labute approximate surface area is 138 Å². The van der Waals surface area contributed by atoms with Gasteiger partial charge in [0.15, 0.2) is 11.6 Å². The topological polar surface area (TPSA) is 96.0 Å². The van der Waals surface area contributed by atoms with Crippen molar-refractivity contribution in [2.45, 2.75) is 59.2 Å². The third-order valence-corrected chi connectivity index (χ3v) is 4.03. The van der Waals surface area contributed by atoms with Crippen LogP contribution in [0, 0.1) is 17.8 Å². The van der Waals surface area contributed by atoms with Crippen LogP contribution in [0.4, 0.5) is 0 Å². The molecule has 1 aliphatic heterocycles. The van der Waals surface area contributed by atoms with Crippen molar-refractivity contribution in [1.82, 2.24) is 5.32 Å². The van der Waals surface area contributed by atoms with E-state index in [4.69, 9.17) is 9.84 Å². The van der Waals surface area contributed by atoms with Gasteiger partial charge in [0.2, 0.25) is 5.91 Å². The predicted octanol–water partition coefficient (Wildman–Crippen LogP) is 1.10. The molecule has 1 rings (SSSR count). The van der Waals surface area contributed by atoms with E-state index in [0.29, 0.717) is 25.3 Å². The lowest BCUT2D eigenvalue weighted by Gasteiger charge is -2.18. The highest BCUT2D eigenvalue weighted by Gasteiger charge is 2.48. The fourth-order valence-electron chi connectivity index (χ4n) is 2.55. The quantitative estimate of drug-likeness (QED) is 0.554. The molecule has 0 aromatic carbocycles. The average Bonchev–Trinajstić information content (AvgIpc) is 3.26. The van der Waals surface area contributed by atoms with Crippen LogP contribution in [0.15, 0.2) is 0 Å². The van der Waals surface area contributed by atoms with E-state index in [1.165, 1.54) is 6.92 Å². The van der Waals surface area contributed by atoms with Gasteiger partial charge < -0.3 is 15.2 Å². The molecular weight excluding hydrogens is 298 g/mol. The van der Waals surface area contributed by atoms with Gasteiger partial charge in [-0.1, -0.05) is 20.8 Å². The second-order valence-corrected chi connectivity index (χ2v) is 6.95. The molecule has 0 aromatic rings. The molecule has 0 aliphatic carbocycles. The summed E-state index contributed by atoms with van der Waals surface area (Å²) in [5, 5.41) is 11.8. The lowest BCUT2D eigenvalue weighted by atomic mass is 9.90. The van der Waals surface area contributed by atoms with Crippen LogP contribution in [0.3, 0.4) is 0 Å². The molecule has 1 fully saturated rings. The molecule has 23 heavy (non-hydrogen) atoms. The van der Waals surface area contributed by atoms with Gasteiger partial charge in [0.05, 0.1) is 0 Å². The maximum atomic E-state index is 12.3. The number of hydrogen-bond acceptors (Lipinski definition) is 5. The van der Waals surface area contributed by atoms with Crippen molar-refractivity contribution in [2.75, 3.05) is 13.2 Å². The number of hydrogen-bond donors (Lipinski definition) is 2. The highest BCUT2D eigenvalue weighted by Crippen LogP contribution is 2.27. The summed E-state index contributed by atoms with van der Waals surface area (Å²) in [5.41, 5.74) is 0. The van der Waals surface area contributed by atoms with Crippen LogP contribution in [-0.2, 0) is 19.1 Å². The largest absolute Gasteiger partial charge is 0.396 e. The van der Waals surface area contributed by atoms with Crippen molar-refractivity contribution in [3.8, 4) is 0 Å². The fraction of sp³-hybridized carbons (Fsp3) is 0.824. The number of nitrogens with one attached hydrogen (secondary N) is 1. The van der Waals surface area contributed by atoms with Gasteiger partial charge in [-0.05, 0) is 31.6 Å². The van der Waals surface area contributed by atoms with Crippen molar-refractivity contribution in [3.63, 3.8) is 0 Å². The van der Waals surface area contributed by atoms with Gasteiger partial charge in [-0.3, -0.25) is 14.4 Å². The zero-order valence-electron chi connectivity index (χ0n) is 14.5. The number of aliphatic hydroxyl groups excluding tert-OH is 1. The number of carbonyl (C=O) groups excluding carboxylic acids is 3. The summed E-state index contributed by atoms with van der Waals surface area (Å²) in [6, 6.07) is 0. The van der Waals surface area contributed by atoms with Crippen LogP contribution in [0.1, 0.15) is 47.0 Å². The molecule has 1 saturated heterocycles. The summed E-state index contributed by atoms with van der Waals surface area (Å²) in [6.07, 6.45) is 0.140. The number of epoxide rings is 1. The molecular formula is C17H29NO5. The summed E-state index contributed by atoms with van der Waals surface area (Å²) in [7, 11) is 0. The normalized spacial score (nSPS) is 22.5. The Morgan fingerprint density at radius 2 is 1.83 bits per heavy atom. The first-order valence-corrected chi connectivity index (χ1v) is 8.33. The SMILES string of the molecule is CC(=O)[C@H]1O[C@@H]1C(=O)C[C@@H](CC(C)C)C(=O)NCC[C@@H](C)CO. The minimum atomic E-state index is -0.663. The van der Waals surface area contributed by atoms with E-state index >= 15 is 0 Å². The summed E-state index contributed by atoms with van der Waals surface area (Å²) >= 11 is 0. The van der Waals surface area contributed by atoms with Crippen molar-refractivity contribution in [3.05, 3.63) is 0 Å². The molecule has 2 N–H and O–H groups in total. The third-order valence-electron chi connectivity index (χ3n) is 4.03. The van der Waals surface area contributed by atoms with Gasteiger partial charge in [-0.2, -0.15) is 0 Å². The van der Waals surface area contributed by atoms with E-state index in [9.17, 15) is 14.4 Å². The standard InChI is InChI=1S/C17H29NO5/c1-10(2)7-13(17(22)18-6-5-11(3)9-19)8-14(21)16-15(23-16)12(4)20/h10-11,13,15-16,19H,5-9H2,1-4H3,(H,18,22)/t11-,13-,15-,16-/m1/s1. The molecule has 1 amide bonds. The van der Waals surface area contributed by atoms with Crippen molar-refractivity contribution >= 4 is 17.5 Å². The van der Waals surface area contributed by atoms with E-state index in [0.717, 1.165) is 0 Å². The lowest BCUT2D eigenvalue weighted by Crippen LogP contribution is -2.35. The van der Waals surface area contributed by atoms with Crippen LogP contribution < -0.4 is 5.32 Å². The van der Waals surface area contributed by atoms with Crippen LogP contribution in [-0.4, -0.2) is 47.9 Å². The lowest BCUT2D eigenvalue weighted by molar-refractivity contribution is -0.130. The van der Waals surface area contributed by atoms with Crippen LogP contribution >= 0.6 is 0 Å². The van der Waals surface area contributed by atoms with Gasteiger partial charge in [-0.25, -0.2) is 0 Å². The van der Waals surface area contributed by atoms with Crippen molar-refractivity contribution in [2.24, 2.45) is 17.8 Å². The first-order valence-electron chi connectivity index (χ1n) is 8.33. The first-order chi connectivity index (χ1) is 10.8. The second kappa shape index (κ2) is 9.13. The zero-order valence-corrected chi connectivity index (χ0v) is 14.5. The van der Waals surface area contributed by atoms with E-state index in [1.807, 2.05) is 20.8 Å². The van der Waals surface area contributed by atoms with Gasteiger partial charge in [0, 0.05) is 25.5 Å². The molecule has 6 nitrogen and oxygen atoms in total. The molecule has 0 unspecified atom stereocenters. The monoisotopic (exact) mass is 327 g/mol. The molecule has 4 atom stereocenters. The van der Waals surface area contributed by atoms with Crippen LogP contribution in [0.2, 0.25) is 0 Å². The predicted molar refractivity (Wildman–Crippen MR) is 85.8 cm³/mol. The van der Waals surface area contributed by atoms with Gasteiger partial charge in [0.1, 0.15) is 12.2 Å². The Kier molecular flexibility index (Phi) is 7.85. The number of ether oxygens (including phenoxy) is 1. The average molecular weight is 327 g/mol. The highest BCUT2D eigenvalue weighted by molar-refractivity contribution is 5.97. The van der Waals surface area contributed by atoms with E-state index in [1.54, 1.807) is 0 Å². The Bertz CT molecular complexity index is 435. The van der Waals surface area contributed by atoms with Gasteiger partial charge in [0.25, 0.3) is 0 Å². The first kappa shape index (κ1) is 19.8. The molecule has 1 aliphatic rings. The van der Waals surface area contributed by atoms with Crippen molar-refractivity contribution < 1.29 is 24.2 Å². The Balaban J connectivity index is 2.50. The Hall–Kier alpha value is -1.27. The number of Topliss-reactive ketones (excluding diaryl/α,β-unsaturated/α-hetero) is 2. The third kappa shape index (κ3) is 6.79. The fourth-order valence-corrected chi connectivity index (χ4v) is 2.55. The molecule has 0 radical (unpaired) electrons. The smallest absolute Gasteiger partial charge is 0.223 e. The van der Waals surface area contributed by atoms with Crippen LogP contribution in [0.5, 0.6) is 0 Å². The number of ketones is 2. The van der Waals surface area contributed by atoms with Crippen molar-refractivity contribution in [1.29, 1.82) is 0 Å². The maximum absolute atomic E-state index is 12.3. The minimum absolute atomic E-state index is 0.0925. The van der Waals surface area contributed by atoms with E-state index in [2.05, 4.69) is 5.32 Å². The molecule has 6 heteroatoms. The highest BCUT2D eigenvalue weighted by atomic mass is 16.6. The molecule has 0 aromatic heterocycles. The summed E-state index contributed by atoms with van der Waals surface area (Å²) in [6.45, 7) is 7.90. The number of aliphatic hydroxyl groups is 1. The molecule has 0 bridgehead atoms. The molecule has 0 spiro atoms. The summed E-state index contributed by atoms with van der Waals surface area (Å²) in [4.78, 5) is 35.6. The minimum Gasteiger partial charge on any atom is -0.396 e. The van der Waals surface area contributed by atoms with Gasteiger partial charge >= 0.3 is 0 Å². The number of rotatable bonds is 11. The molecule has 132 valence electrons.